The highest BCUT2D eigenvalue weighted by Gasteiger charge is 2.17. The molecule has 4 heteroatoms. The molecule has 6 aromatic carbocycles. The van der Waals surface area contributed by atoms with Gasteiger partial charge in [-0.25, -0.2) is 9.97 Å². The summed E-state index contributed by atoms with van der Waals surface area (Å²) in [5.41, 5.74) is 6.51. The van der Waals surface area contributed by atoms with Crippen LogP contribution < -0.4 is 0 Å². The maximum absolute atomic E-state index is 5.33. The second-order valence-corrected chi connectivity index (χ2v) is 11.5. The molecule has 46 heavy (non-hydrogen) atoms. The van der Waals surface area contributed by atoms with Crippen LogP contribution in [0.25, 0.3) is 88.2 Å². The third kappa shape index (κ3) is 4.39. The Morgan fingerprint density at radius 2 is 0.935 bits per heavy atom. The Kier molecular flexibility index (Phi) is 6.10. The molecule has 0 aliphatic rings. The zero-order valence-electron chi connectivity index (χ0n) is 24.8. The number of rotatable bonds is 4. The maximum atomic E-state index is 5.33. The Labute approximate surface area is 265 Å². The van der Waals surface area contributed by atoms with Crippen molar-refractivity contribution in [2.24, 2.45) is 0 Å². The molecule has 9 aromatic rings. The Morgan fingerprint density at radius 3 is 1.57 bits per heavy atom. The fourth-order valence-electron chi connectivity index (χ4n) is 6.59. The molecule has 0 atom stereocenters. The van der Waals surface area contributed by atoms with E-state index in [-0.39, 0.29) is 0 Å². The first kappa shape index (κ1) is 26.2. The molecule has 0 aliphatic carbocycles. The molecule has 0 fully saturated rings. The van der Waals surface area contributed by atoms with Gasteiger partial charge in [0, 0.05) is 40.8 Å². The number of nitrogens with zero attached hydrogens (tertiary/aromatic N) is 4. The number of fused-ring (bicyclic) bond motifs is 6. The molecule has 3 heterocycles. The van der Waals surface area contributed by atoms with Crippen molar-refractivity contribution >= 4 is 43.1 Å². The van der Waals surface area contributed by atoms with Gasteiger partial charge < -0.3 is 0 Å². The van der Waals surface area contributed by atoms with Gasteiger partial charge in [-0.15, -0.1) is 0 Å². The maximum Gasteiger partial charge on any atom is 0.161 e. The van der Waals surface area contributed by atoms with Crippen molar-refractivity contribution in [1.82, 2.24) is 19.9 Å². The van der Waals surface area contributed by atoms with Gasteiger partial charge in [0.15, 0.2) is 5.82 Å². The molecule has 214 valence electrons. The summed E-state index contributed by atoms with van der Waals surface area (Å²) in [6.45, 7) is 0. The number of benzene rings is 6. The third-order valence-corrected chi connectivity index (χ3v) is 8.80. The molecule has 0 bridgehead atoms. The number of hydrogen-bond donors (Lipinski definition) is 0. The van der Waals surface area contributed by atoms with Gasteiger partial charge in [-0.05, 0) is 73.4 Å². The van der Waals surface area contributed by atoms with Crippen LogP contribution in [0.1, 0.15) is 0 Å². The van der Waals surface area contributed by atoms with Gasteiger partial charge >= 0.3 is 0 Å². The van der Waals surface area contributed by atoms with Crippen LogP contribution in [0, 0.1) is 0 Å². The zero-order chi connectivity index (χ0) is 30.5. The van der Waals surface area contributed by atoms with Crippen molar-refractivity contribution in [3.05, 3.63) is 158 Å². The van der Waals surface area contributed by atoms with Gasteiger partial charge in [0.2, 0.25) is 0 Å². The Bertz CT molecular complexity index is 2440. The number of hydrogen-bond acceptors (Lipinski definition) is 4. The predicted octanol–water partition coefficient (Wildman–Crippen LogP) is 10.5. The summed E-state index contributed by atoms with van der Waals surface area (Å²) in [7, 11) is 0. The van der Waals surface area contributed by atoms with Gasteiger partial charge in [-0.1, -0.05) is 109 Å². The minimum atomic E-state index is 0.671. The summed E-state index contributed by atoms with van der Waals surface area (Å²) in [5.74, 6) is 0.671. The Hall–Kier alpha value is -6.26. The quantitative estimate of drug-likeness (QED) is 0.193. The second-order valence-electron chi connectivity index (χ2n) is 11.5. The zero-order valence-corrected chi connectivity index (χ0v) is 24.8. The average molecular weight is 587 g/mol. The molecule has 0 amide bonds. The molecule has 4 nitrogen and oxygen atoms in total. The van der Waals surface area contributed by atoms with Gasteiger partial charge in [0.1, 0.15) is 0 Å². The molecule has 0 spiro atoms. The van der Waals surface area contributed by atoms with Crippen LogP contribution in [0.5, 0.6) is 0 Å². The van der Waals surface area contributed by atoms with E-state index in [9.17, 15) is 0 Å². The molecule has 0 radical (unpaired) electrons. The van der Waals surface area contributed by atoms with Crippen molar-refractivity contribution in [3.8, 4) is 45.2 Å². The van der Waals surface area contributed by atoms with E-state index >= 15 is 0 Å². The molecule has 9 rings (SSSR count). The normalized spacial score (nSPS) is 11.5. The number of aromatic nitrogens is 4. The average Bonchev–Trinajstić information content (AvgIpc) is 3.14. The molecule has 0 N–H and O–H groups in total. The topological polar surface area (TPSA) is 51.6 Å². The smallest absolute Gasteiger partial charge is 0.161 e. The third-order valence-electron chi connectivity index (χ3n) is 8.80. The summed E-state index contributed by atoms with van der Waals surface area (Å²) in [5, 5.41) is 9.42. The summed E-state index contributed by atoms with van der Waals surface area (Å²) in [6.07, 6.45) is 5.53. The fourth-order valence-corrected chi connectivity index (χ4v) is 6.59. The highest BCUT2D eigenvalue weighted by Crippen LogP contribution is 2.38. The van der Waals surface area contributed by atoms with Gasteiger partial charge in [0.05, 0.1) is 17.1 Å². The highest BCUT2D eigenvalue weighted by molar-refractivity contribution is 6.15. The van der Waals surface area contributed by atoms with Crippen molar-refractivity contribution in [2.45, 2.75) is 0 Å². The molecule has 0 unspecified atom stereocenters. The van der Waals surface area contributed by atoms with Gasteiger partial charge in [-0.2, -0.15) is 0 Å². The standard InChI is InChI=1S/C42H26N4/c1-3-13-31-27(10-1)22-37(35-17-7-5-15-33(31)35)40-24-41(39-20-19-30(26-44-39)29-12-9-21-43-25-29)46-42(45-40)38-23-28-11-2-4-14-32(28)34-16-6-8-18-36(34)38/h1-26H. The van der Waals surface area contributed by atoms with E-state index in [1.54, 1.807) is 6.20 Å². The van der Waals surface area contributed by atoms with Crippen LogP contribution in [0.4, 0.5) is 0 Å². The van der Waals surface area contributed by atoms with E-state index in [2.05, 4.69) is 126 Å². The minimum absolute atomic E-state index is 0.671. The van der Waals surface area contributed by atoms with Crippen LogP contribution in [0.2, 0.25) is 0 Å². The summed E-state index contributed by atoms with van der Waals surface area (Å²) >= 11 is 0. The van der Waals surface area contributed by atoms with Crippen LogP contribution in [0.3, 0.4) is 0 Å². The SMILES string of the molecule is c1cncc(-c2ccc(-c3cc(-c4cc5ccccc5c5ccccc45)nc(-c4cc5ccccc5c5ccccc45)n3)nc2)c1. The van der Waals surface area contributed by atoms with Crippen LogP contribution in [-0.2, 0) is 0 Å². The number of pyridine rings is 2. The first-order valence-corrected chi connectivity index (χ1v) is 15.4. The largest absolute Gasteiger partial charge is 0.264 e. The van der Waals surface area contributed by atoms with E-state index in [0.29, 0.717) is 5.82 Å². The van der Waals surface area contributed by atoms with Crippen molar-refractivity contribution in [3.63, 3.8) is 0 Å². The Balaban J connectivity index is 1.32. The van der Waals surface area contributed by atoms with E-state index in [1.807, 2.05) is 30.6 Å². The van der Waals surface area contributed by atoms with Gasteiger partial charge in [0.25, 0.3) is 0 Å². The molecule has 0 aliphatic heterocycles. The first-order valence-electron chi connectivity index (χ1n) is 15.4. The lowest BCUT2D eigenvalue weighted by molar-refractivity contribution is 1.17. The highest BCUT2D eigenvalue weighted by atomic mass is 14.9. The van der Waals surface area contributed by atoms with E-state index in [4.69, 9.17) is 15.0 Å². The summed E-state index contributed by atoms with van der Waals surface area (Å²) in [6, 6.07) is 48.8. The minimum Gasteiger partial charge on any atom is -0.264 e. The van der Waals surface area contributed by atoms with E-state index < -0.39 is 0 Å². The molecule has 0 saturated heterocycles. The molecular formula is C42H26N4. The summed E-state index contributed by atoms with van der Waals surface area (Å²) < 4.78 is 0. The molecule has 0 saturated carbocycles. The lowest BCUT2D eigenvalue weighted by Gasteiger charge is -2.15. The van der Waals surface area contributed by atoms with Crippen molar-refractivity contribution in [2.75, 3.05) is 0 Å². The first-order chi connectivity index (χ1) is 22.8. The predicted molar refractivity (Wildman–Crippen MR) is 189 cm³/mol. The monoisotopic (exact) mass is 586 g/mol. The van der Waals surface area contributed by atoms with Crippen molar-refractivity contribution < 1.29 is 0 Å². The van der Waals surface area contributed by atoms with Crippen LogP contribution >= 0.6 is 0 Å². The van der Waals surface area contributed by atoms with Gasteiger partial charge in [-0.3, -0.25) is 9.97 Å². The second kappa shape index (κ2) is 10.7. The fraction of sp³-hybridized carbons (Fsp3) is 0. The van der Waals surface area contributed by atoms with Crippen LogP contribution in [-0.4, -0.2) is 19.9 Å². The summed E-state index contributed by atoms with van der Waals surface area (Å²) in [4.78, 5) is 19.7. The van der Waals surface area contributed by atoms with Crippen molar-refractivity contribution in [1.29, 1.82) is 0 Å². The lowest BCUT2D eigenvalue weighted by Crippen LogP contribution is -1.98. The van der Waals surface area contributed by atoms with E-state index in [0.717, 1.165) is 55.5 Å². The Morgan fingerprint density at radius 1 is 0.370 bits per heavy atom. The molecular weight excluding hydrogens is 560 g/mol. The lowest BCUT2D eigenvalue weighted by atomic mass is 9.94. The van der Waals surface area contributed by atoms with E-state index in [1.165, 1.54) is 26.9 Å². The van der Waals surface area contributed by atoms with Crippen LogP contribution in [0.15, 0.2) is 158 Å². The molecule has 3 aromatic heterocycles.